The third-order valence-corrected chi connectivity index (χ3v) is 4.02. The Kier molecular flexibility index (Phi) is 4.87. The molecule has 118 valence electrons. The summed E-state index contributed by atoms with van der Waals surface area (Å²) >= 11 is 0. The molecule has 7 nitrogen and oxygen atoms in total. The molecule has 0 aromatic heterocycles. The van der Waals surface area contributed by atoms with Crippen molar-refractivity contribution in [2.45, 2.75) is 38.8 Å². The van der Waals surface area contributed by atoms with Crippen LogP contribution in [0.5, 0.6) is 0 Å². The monoisotopic (exact) mass is 306 g/mol. The largest absolute Gasteiger partial charge is 0.392 e. The first-order valence-corrected chi connectivity index (χ1v) is 7.14. The van der Waals surface area contributed by atoms with Gasteiger partial charge in [-0.25, -0.2) is 0 Å². The number of aliphatic hydroxyl groups excluding tert-OH is 1. The van der Waals surface area contributed by atoms with E-state index in [4.69, 9.17) is 0 Å². The third kappa shape index (κ3) is 2.99. The molecule has 0 unspecified atom stereocenters. The quantitative estimate of drug-likeness (QED) is 0.517. The van der Waals surface area contributed by atoms with Crippen molar-refractivity contribution in [3.05, 3.63) is 38.9 Å². The Morgan fingerprint density at radius 2 is 2.23 bits per heavy atom. The highest BCUT2D eigenvalue weighted by molar-refractivity contribution is 5.99. The van der Waals surface area contributed by atoms with Crippen LogP contribution in [-0.4, -0.2) is 39.7 Å². The van der Waals surface area contributed by atoms with Crippen LogP contribution in [0.1, 0.15) is 40.7 Å². The summed E-state index contributed by atoms with van der Waals surface area (Å²) in [7, 11) is 0. The topological polar surface area (TPSA) is 101 Å². The van der Waals surface area contributed by atoms with Gasteiger partial charge >= 0.3 is 0 Å². The van der Waals surface area contributed by atoms with Gasteiger partial charge in [0.05, 0.1) is 17.6 Å². The first-order valence-electron chi connectivity index (χ1n) is 7.14. The number of hydrogen-bond donors (Lipinski definition) is 1. The van der Waals surface area contributed by atoms with Gasteiger partial charge < -0.3 is 14.8 Å². The Bertz CT molecular complexity index is 614. The second kappa shape index (κ2) is 6.65. The minimum Gasteiger partial charge on any atom is -0.392 e. The number of piperidine rings is 1. The molecule has 7 heteroatoms. The van der Waals surface area contributed by atoms with Gasteiger partial charge in [0.2, 0.25) is 0 Å². The zero-order valence-corrected chi connectivity index (χ0v) is 12.3. The fraction of sp³-hybridized carbons (Fsp3) is 0.467. The fourth-order valence-corrected chi connectivity index (χ4v) is 2.74. The van der Waals surface area contributed by atoms with Crippen LogP contribution < -0.4 is 0 Å². The third-order valence-electron chi connectivity index (χ3n) is 4.02. The van der Waals surface area contributed by atoms with E-state index in [1.165, 1.54) is 17.0 Å². The number of carbonyl (C=O) groups is 2. The summed E-state index contributed by atoms with van der Waals surface area (Å²) in [5.41, 5.74) is 0.647. The van der Waals surface area contributed by atoms with Crippen LogP contribution in [0.4, 0.5) is 5.69 Å². The second-order valence-electron chi connectivity index (χ2n) is 5.41. The number of carbonyl (C=O) groups excluding carboxylic acids is 2. The van der Waals surface area contributed by atoms with Crippen LogP contribution in [0.2, 0.25) is 0 Å². The number of hydrogen-bond acceptors (Lipinski definition) is 5. The number of likely N-dealkylation sites (tertiary alicyclic amines) is 1. The molecule has 2 rings (SSSR count). The molecule has 22 heavy (non-hydrogen) atoms. The molecule has 1 aliphatic heterocycles. The number of nitrogens with zero attached hydrogens (tertiary/aromatic N) is 2. The van der Waals surface area contributed by atoms with E-state index >= 15 is 0 Å². The molecule has 1 saturated heterocycles. The summed E-state index contributed by atoms with van der Waals surface area (Å²) in [6.07, 6.45) is 2.90. The molecule has 1 heterocycles. The molecule has 0 bridgehead atoms. The predicted molar refractivity (Wildman–Crippen MR) is 78.5 cm³/mol. The molecular formula is C15H18N2O5. The smallest absolute Gasteiger partial charge is 0.282 e. The van der Waals surface area contributed by atoms with Crippen molar-refractivity contribution in [1.82, 2.24) is 4.90 Å². The molecule has 1 aromatic rings. The Labute approximate surface area is 127 Å². The van der Waals surface area contributed by atoms with Crippen molar-refractivity contribution >= 4 is 17.9 Å². The Morgan fingerprint density at radius 1 is 1.50 bits per heavy atom. The first-order chi connectivity index (χ1) is 10.5. The van der Waals surface area contributed by atoms with Crippen LogP contribution in [-0.2, 0) is 11.4 Å². The van der Waals surface area contributed by atoms with Crippen LogP contribution in [0.25, 0.3) is 0 Å². The summed E-state index contributed by atoms with van der Waals surface area (Å²) in [5, 5.41) is 20.5. The Morgan fingerprint density at radius 3 is 2.82 bits per heavy atom. The average molecular weight is 306 g/mol. The number of aryl methyl sites for hydroxylation is 1. The summed E-state index contributed by atoms with van der Waals surface area (Å²) in [6.45, 7) is 1.74. The highest BCUT2D eigenvalue weighted by atomic mass is 16.6. The van der Waals surface area contributed by atoms with Gasteiger partial charge in [0.1, 0.15) is 11.8 Å². The van der Waals surface area contributed by atoms with E-state index in [-0.39, 0.29) is 17.9 Å². The Hall–Kier alpha value is -2.28. The van der Waals surface area contributed by atoms with Gasteiger partial charge in [-0.1, -0.05) is 0 Å². The average Bonchev–Trinajstić information content (AvgIpc) is 2.53. The zero-order valence-electron chi connectivity index (χ0n) is 12.3. The van der Waals surface area contributed by atoms with Crippen LogP contribution >= 0.6 is 0 Å². The minimum absolute atomic E-state index is 0.0756. The zero-order chi connectivity index (χ0) is 16.3. The molecule has 1 aliphatic rings. The number of benzene rings is 1. The van der Waals surface area contributed by atoms with Gasteiger partial charge in [0, 0.05) is 12.6 Å². The van der Waals surface area contributed by atoms with Gasteiger partial charge in [-0.15, -0.1) is 0 Å². The summed E-state index contributed by atoms with van der Waals surface area (Å²) in [5.74, 6) is -0.529. The molecule has 1 atom stereocenters. The maximum Gasteiger partial charge on any atom is 0.282 e. The fourth-order valence-electron chi connectivity index (χ4n) is 2.74. The lowest BCUT2D eigenvalue weighted by Gasteiger charge is -2.32. The second-order valence-corrected chi connectivity index (χ2v) is 5.41. The van der Waals surface area contributed by atoms with E-state index in [1.54, 1.807) is 6.92 Å². The standard InChI is InChI=1S/C15H18N2O5/c1-10-6-14(17(21)22)13(7-11(10)8-18)15(20)16-5-3-2-4-12(16)9-19/h6-7,9,12,18H,2-5,8H2,1H3/t12-/m0/s1. The molecule has 0 saturated carbocycles. The molecule has 0 aliphatic carbocycles. The number of rotatable bonds is 4. The van der Waals surface area contributed by atoms with E-state index in [9.17, 15) is 24.8 Å². The van der Waals surface area contributed by atoms with E-state index in [2.05, 4.69) is 0 Å². The number of aliphatic hydroxyl groups is 1. The van der Waals surface area contributed by atoms with Gasteiger partial charge in [-0.2, -0.15) is 0 Å². The molecular weight excluding hydrogens is 288 g/mol. The van der Waals surface area contributed by atoms with E-state index in [0.29, 0.717) is 30.4 Å². The lowest BCUT2D eigenvalue weighted by Crippen LogP contribution is -2.44. The lowest BCUT2D eigenvalue weighted by atomic mass is 9.99. The van der Waals surface area contributed by atoms with Crippen molar-refractivity contribution < 1.29 is 19.6 Å². The number of amides is 1. The van der Waals surface area contributed by atoms with Gasteiger partial charge in [0.15, 0.2) is 0 Å². The molecule has 1 fully saturated rings. The number of nitro benzene ring substituents is 1. The summed E-state index contributed by atoms with van der Waals surface area (Å²) in [6, 6.07) is 2.10. The van der Waals surface area contributed by atoms with Crippen molar-refractivity contribution in [3.63, 3.8) is 0 Å². The Balaban J connectivity index is 2.47. The van der Waals surface area contributed by atoms with Crippen molar-refractivity contribution in [2.75, 3.05) is 6.54 Å². The maximum atomic E-state index is 12.7. The van der Waals surface area contributed by atoms with Crippen molar-refractivity contribution in [1.29, 1.82) is 0 Å². The molecule has 1 amide bonds. The molecule has 0 radical (unpaired) electrons. The van der Waals surface area contributed by atoms with Crippen LogP contribution in [0.15, 0.2) is 12.1 Å². The van der Waals surface area contributed by atoms with Gasteiger partial charge in [-0.3, -0.25) is 14.9 Å². The van der Waals surface area contributed by atoms with Crippen LogP contribution in [0.3, 0.4) is 0 Å². The maximum absolute atomic E-state index is 12.7. The molecule has 1 aromatic carbocycles. The van der Waals surface area contributed by atoms with Crippen molar-refractivity contribution in [3.8, 4) is 0 Å². The normalized spacial score (nSPS) is 18.1. The van der Waals surface area contributed by atoms with Crippen LogP contribution in [0, 0.1) is 17.0 Å². The van der Waals surface area contributed by atoms with E-state index < -0.39 is 16.9 Å². The van der Waals surface area contributed by atoms with Crippen molar-refractivity contribution in [2.24, 2.45) is 0 Å². The van der Waals surface area contributed by atoms with E-state index in [0.717, 1.165) is 12.8 Å². The minimum atomic E-state index is -0.610. The highest BCUT2D eigenvalue weighted by Crippen LogP contribution is 2.27. The number of nitro groups is 1. The molecule has 0 spiro atoms. The number of aldehydes is 1. The SMILES string of the molecule is Cc1cc([N+](=O)[O-])c(C(=O)N2CCCC[C@H]2C=O)cc1CO. The highest BCUT2D eigenvalue weighted by Gasteiger charge is 2.31. The summed E-state index contributed by atoms with van der Waals surface area (Å²) in [4.78, 5) is 35.8. The first kappa shape index (κ1) is 16.1. The molecule has 1 N–H and O–H groups in total. The lowest BCUT2D eigenvalue weighted by molar-refractivity contribution is -0.385. The summed E-state index contributed by atoms with van der Waals surface area (Å²) < 4.78 is 0. The van der Waals surface area contributed by atoms with Gasteiger partial charge in [0.25, 0.3) is 11.6 Å². The van der Waals surface area contributed by atoms with E-state index in [1.807, 2.05) is 0 Å². The van der Waals surface area contributed by atoms with Gasteiger partial charge in [-0.05, 0) is 43.4 Å². The predicted octanol–water partition coefficient (Wildman–Crippen LogP) is 1.59.